The van der Waals surface area contributed by atoms with Gasteiger partial charge in [-0.05, 0) is 42.8 Å². The van der Waals surface area contributed by atoms with E-state index in [0.29, 0.717) is 32.0 Å². The minimum Gasteiger partial charge on any atom is -0.368 e. The molecule has 1 fully saturated rings. The van der Waals surface area contributed by atoms with Gasteiger partial charge in [-0.25, -0.2) is 9.37 Å². The minimum absolute atomic E-state index is 0.279. The van der Waals surface area contributed by atoms with Gasteiger partial charge < -0.3 is 15.1 Å². The third-order valence-corrected chi connectivity index (χ3v) is 4.19. The van der Waals surface area contributed by atoms with Crippen LogP contribution in [0.5, 0.6) is 0 Å². The van der Waals surface area contributed by atoms with Crippen molar-refractivity contribution < 1.29 is 14.0 Å². The maximum Gasteiger partial charge on any atom is 0.315 e. The molecule has 1 N–H and O–H groups in total. The van der Waals surface area contributed by atoms with Crippen LogP contribution in [0.4, 0.5) is 15.9 Å². The van der Waals surface area contributed by atoms with E-state index in [2.05, 4.69) is 15.2 Å². The molecule has 0 spiro atoms. The van der Waals surface area contributed by atoms with Crippen LogP contribution in [0, 0.1) is 12.7 Å². The zero-order valence-electron chi connectivity index (χ0n) is 13.9. The number of piperazine rings is 1. The van der Waals surface area contributed by atoms with Crippen molar-refractivity contribution in [3.05, 3.63) is 54.0 Å². The number of aryl methyl sites for hydroxylation is 1. The van der Waals surface area contributed by atoms with Crippen LogP contribution in [0.15, 0.2) is 42.6 Å². The van der Waals surface area contributed by atoms with Gasteiger partial charge in [0.15, 0.2) is 0 Å². The Morgan fingerprint density at radius 3 is 2.40 bits per heavy atom. The number of carbonyl (C=O) groups is 2. The highest BCUT2D eigenvalue weighted by Crippen LogP contribution is 2.17. The molecule has 1 aliphatic rings. The third-order valence-electron chi connectivity index (χ3n) is 4.19. The van der Waals surface area contributed by atoms with Crippen molar-refractivity contribution in [3.8, 4) is 0 Å². The van der Waals surface area contributed by atoms with E-state index in [1.54, 1.807) is 24.4 Å². The predicted octanol–water partition coefficient (Wildman–Crippen LogP) is 1.82. The summed E-state index contributed by atoms with van der Waals surface area (Å²) in [7, 11) is 0. The Hall–Kier alpha value is -2.96. The zero-order valence-corrected chi connectivity index (χ0v) is 13.9. The lowest BCUT2D eigenvalue weighted by Crippen LogP contribution is -2.51. The molecule has 25 heavy (non-hydrogen) atoms. The number of aromatic nitrogens is 1. The van der Waals surface area contributed by atoms with E-state index >= 15 is 0 Å². The maximum absolute atomic E-state index is 13.0. The summed E-state index contributed by atoms with van der Waals surface area (Å²) in [6, 6.07) is 9.83. The maximum atomic E-state index is 13.0. The lowest BCUT2D eigenvalue weighted by molar-refractivity contribution is -0.143. The van der Waals surface area contributed by atoms with Gasteiger partial charge in [-0.3, -0.25) is 9.59 Å². The average Bonchev–Trinajstić information content (AvgIpc) is 2.64. The SMILES string of the molecule is Cc1cccnc1NC(=O)C(=O)N1CCN(c2ccc(F)cc2)CC1. The molecule has 2 amide bonds. The number of carbonyl (C=O) groups excluding carboxylic acids is 2. The second-order valence-electron chi connectivity index (χ2n) is 5.88. The van der Waals surface area contributed by atoms with Crippen LogP contribution in [0.1, 0.15) is 5.56 Å². The van der Waals surface area contributed by atoms with Crippen LogP contribution in [0.25, 0.3) is 0 Å². The van der Waals surface area contributed by atoms with Gasteiger partial charge in [0, 0.05) is 38.1 Å². The van der Waals surface area contributed by atoms with Gasteiger partial charge in [0.1, 0.15) is 11.6 Å². The number of nitrogens with zero attached hydrogens (tertiary/aromatic N) is 3. The van der Waals surface area contributed by atoms with Crippen molar-refractivity contribution in [1.82, 2.24) is 9.88 Å². The Morgan fingerprint density at radius 1 is 1.08 bits per heavy atom. The van der Waals surface area contributed by atoms with E-state index in [0.717, 1.165) is 11.3 Å². The summed E-state index contributed by atoms with van der Waals surface area (Å²) in [5.41, 5.74) is 1.70. The van der Waals surface area contributed by atoms with Crippen molar-refractivity contribution in [2.75, 3.05) is 36.4 Å². The summed E-state index contributed by atoms with van der Waals surface area (Å²) in [5.74, 6) is -1.13. The van der Waals surface area contributed by atoms with Gasteiger partial charge in [-0.1, -0.05) is 6.07 Å². The Bertz CT molecular complexity index is 771. The van der Waals surface area contributed by atoms with Crippen molar-refractivity contribution in [3.63, 3.8) is 0 Å². The second kappa shape index (κ2) is 7.29. The molecule has 2 aromatic rings. The van der Waals surface area contributed by atoms with Crippen LogP contribution in [-0.4, -0.2) is 47.9 Å². The van der Waals surface area contributed by atoms with Gasteiger partial charge in [-0.2, -0.15) is 0 Å². The highest BCUT2D eigenvalue weighted by atomic mass is 19.1. The van der Waals surface area contributed by atoms with Gasteiger partial charge in [0.25, 0.3) is 0 Å². The fourth-order valence-electron chi connectivity index (χ4n) is 2.74. The molecular weight excluding hydrogens is 323 g/mol. The number of benzene rings is 1. The first-order valence-electron chi connectivity index (χ1n) is 8.07. The molecule has 1 aromatic heterocycles. The lowest BCUT2D eigenvalue weighted by atomic mass is 10.2. The number of hydrogen-bond acceptors (Lipinski definition) is 4. The molecule has 1 aromatic carbocycles. The molecule has 0 atom stereocenters. The number of nitrogens with one attached hydrogen (secondary N) is 1. The highest BCUT2D eigenvalue weighted by Gasteiger charge is 2.26. The Kier molecular flexibility index (Phi) is 4.92. The Morgan fingerprint density at radius 2 is 1.76 bits per heavy atom. The summed E-state index contributed by atoms with van der Waals surface area (Å²) in [5, 5.41) is 2.56. The van der Waals surface area contributed by atoms with E-state index in [1.165, 1.54) is 17.0 Å². The molecule has 0 saturated carbocycles. The van der Waals surface area contributed by atoms with Crippen molar-refractivity contribution >= 4 is 23.3 Å². The van der Waals surface area contributed by atoms with E-state index < -0.39 is 11.8 Å². The molecule has 0 bridgehead atoms. The average molecular weight is 342 g/mol. The predicted molar refractivity (Wildman–Crippen MR) is 92.8 cm³/mol. The summed E-state index contributed by atoms with van der Waals surface area (Å²) >= 11 is 0. The summed E-state index contributed by atoms with van der Waals surface area (Å²) in [6.45, 7) is 3.87. The molecule has 2 heterocycles. The first-order chi connectivity index (χ1) is 12.0. The molecule has 130 valence electrons. The smallest absolute Gasteiger partial charge is 0.315 e. The largest absolute Gasteiger partial charge is 0.368 e. The number of pyridine rings is 1. The summed E-state index contributed by atoms with van der Waals surface area (Å²) < 4.78 is 13.0. The molecule has 0 radical (unpaired) electrons. The minimum atomic E-state index is -0.683. The standard InChI is InChI=1S/C18H19FN4O2/c1-13-3-2-8-20-16(13)21-17(24)18(25)23-11-9-22(10-12-23)15-6-4-14(19)5-7-15/h2-8H,9-12H2,1H3,(H,20,21,24). The van der Waals surface area contributed by atoms with Crippen LogP contribution >= 0.6 is 0 Å². The number of anilines is 2. The topological polar surface area (TPSA) is 65.5 Å². The molecule has 0 aliphatic carbocycles. The molecule has 3 rings (SSSR count). The number of halogens is 1. The fraction of sp³-hybridized carbons (Fsp3) is 0.278. The van der Waals surface area contributed by atoms with Gasteiger partial charge in [0.05, 0.1) is 0 Å². The van der Waals surface area contributed by atoms with E-state index in [9.17, 15) is 14.0 Å². The van der Waals surface area contributed by atoms with E-state index in [4.69, 9.17) is 0 Å². The fourth-order valence-corrected chi connectivity index (χ4v) is 2.74. The van der Waals surface area contributed by atoms with Crippen LogP contribution in [0.3, 0.4) is 0 Å². The number of amides is 2. The van der Waals surface area contributed by atoms with Crippen LogP contribution in [-0.2, 0) is 9.59 Å². The number of hydrogen-bond donors (Lipinski definition) is 1. The second-order valence-corrected chi connectivity index (χ2v) is 5.88. The molecule has 1 aliphatic heterocycles. The summed E-state index contributed by atoms with van der Waals surface area (Å²) in [4.78, 5) is 32.1. The molecule has 1 saturated heterocycles. The lowest BCUT2D eigenvalue weighted by Gasteiger charge is -2.35. The molecular formula is C18H19FN4O2. The van der Waals surface area contributed by atoms with E-state index in [1.807, 2.05) is 13.0 Å². The van der Waals surface area contributed by atoms with Gasteiger partial charge >= 0.3 is 11.8 Å². The van der Waals surface area contributed by atoms with Crippen LogP contribution in [0.2, 0.25) is 0 Å². The zero-order chi connectivity index (χ0) is 17.8. The number of rotatable bonds is 2. The molecule has 6 nitrogen and oxygen atoms in total. The monoisotopic (exact) mass is 342 g/mol. The van der Waals surface area contributed by atoms with Gasteiger partial charge in [0.2, 0.25) is 0 Å². The highest BCUT2D eigenvalue weighted by molar-refractivity contribution is 6.39. The van der Waals surface area contributed by atoms with Crippen molar-refractivity contribution in [2.24, 2.45) is 0 Å². The molecule has 0 unspecified atom stereocenters. The van der Waals surface area contributed by atoms with E-state index in [-0.39, 0.29) is 5.82 Å². The van der Waals surface area contributed by atoms with Crippen molar-refractivity contribution in [1.29, 1.82) is 0 Å². The van der Waals surface area contributed by atoms with Gasteiger partial charge in [-0.15, -0.1) is 0 Å². The quantitative estimate of drug-likeness (QED) is 0.846. The first kappa shape index (κ1) is 16.9. The Balaban J connectivity index is 1.57. The summed E-state index contributed by atoms with van der Waals surface area (Å²) in [6.07, 6.45) is 1.56. The molecule has 7 heteroatoms. The third kappa shape index (κ3) is 3.93. The van der Waals surface area contributed by atoms with Crippen molar-refractivity contribution in [2.45, 2.75) is 6.92 Å². The Labute approximate surface area is 145 Å². The first-order valence-corrected chi connectivity index (χ1v) is 8.07. The van der Waals surface area contributed by atoms with Crippen LogP contribution < -0.4 is 10.2 Å². The normalized spacial score (nSPS) is 14.3.